The highest BCUT2D eigenvalue weighted by molar-refractivity contribution is 7.91. The van der Waals surface area contributed by atoms with Crippen LogP contribution in [0.3, 0.4) is 0 Å². The molecule has 1 amide bonds. The van der Waals surface area contributed by atoms with Crippen LogP contribution in [0, 0.1) is 0 Å². The minimum Gasteiger partial charge on any atom is -0.308 e. The van der Waals surface area contributed by atoms with Crippen LogP contribution in [0.2, 0.25) is 5.02 Å². The standard InChI is InChI=1S/C22H26ClN3O5S3/c1-25(2)12-13-26(22-24-19-11-10-18(33(3,28)29)15-20(19)32-22)21(27)5-4-14-34(30,31)17-8-6-16(23)7-9-17/h6-11,15H,4-5,12-14H2,1-3H3. The van der Waals surface area contributed by atoms with Crippen molar-refractivity contribution in [2.45, 2.75) is 22.6 Å². The molecule has 1 heterocycles. The first-order chi connectivity index (χ1) is 15.9. The van der Waals surface area contributed by atoms with Crippen LogP contribution in [-0.4, -0.2) is 71.8 Å². The zero-order chi connectivity index (χ0) is 25.1. The number of anilines is 1. The number of carbonyl (C=O) groups is 1. The van der Waals surface area contributed by atoms with Gasteiger partial charge in [0.2, 0.25) is 5.91 Å². The van der Waals surface area contributed by atoms with Crippen LogP contribution in [0.5, 0.6) is 0 Å². The maximum Gasteiger partial charge on any atom is 0.228 e. The van der Waals surface area contributed by atoms with Gasteiger partial charge >= 0.3 is 0 Å². The maximum atomic E-state index is 13.1. The number of hydrogen-bond acceptors (Lipinski definition) is 8. The lowest BCUT2D eigenvalue weighted by Crippen LogP contribution is -2.36. The van der Waals surface area contributed by atoms with Gasteiger partial charge in [-0.1, -0.05) is 22.9 Å². The van der Waals surface area contributed by atoms with Crippen LogP contribution in [0.15, 0.2) is 52.3 Å². The van der Waals surface area contributed by atoms with E-state index in [1.807, 2.05) is 19.0 Å². The molecular weight excluding hydrogens is 518 g/mol. The highest BCUT2D eigenvalue weighted by Gasteiger charge is 2.22. The summed E-state index contributed by atoms with van der Waals surface area (Å²) >= 11 is 7.06. The zero-order valence-corrected chi connectivity index (χ0v) is 22.3. The first kappa shape index (κ1) is 26.6. The van der Waals surface area contributed by atoms with Gasteiger partial charge in [0.25, 0.3) is 0 Å². The van der Waals surface area contributed by atoms with Gasteiger partial charge in [0.15, 0.2) is 24.8 Å². The van der Waals surface area contributed by atoms with E-state index in [1.165, 1.54) is 41.7 Å². The molecule has 0 saturated carbocycles. The summed E-state index contributed by atoms with van der Waals surface area (Å²) in [6.45, 7) is 0.952. The van der Waals surface area contributed by atoms with E-state index < -0.39 is 19.7 Å². The number of likely N-dealkylation sites (N-methyl/N-ethyl adjacent to an activating group) is 1. The number of amides is 1. The molecule has 0 radical (unpaired) electrons. The lowest BCUT2D eigenvalue weighted by molar-refractivity contribution is -0.118. The van der Waals surface area contributed by atoms with Gasteiger partial charge in [0.1, 0.15) is 0 Å². The summed E-state index contributed by atoms with van der Waals surface area (Å²) < 4.78 is 49.6. The van der Waals surface area contributed by atoms with Crippen molar-refractivity contribution in [3.63, 3.8) is 0 Å². The Morgan fingerprint density at radius 2 is 1.65 bits per heavy atom. The molecule has 3 aromatic rings. The van der Waals surface area contributed by atoms with Crippen LogP contribution in [0.1, 0.15) is 12.8 Å². The Balaban J connectivity index is 1.77. The fraction of sp³-hybridized carbons (Fsp3) is 0.364. The molecule has 8 nitrogen and oxygen atoms in total. The average Bonchev–Trinajstić information content (AvgIpc) is 3.16. The SMILES string of the molecule is CN(C)CCN(C(=O)CCCS(=O)(=O)c1ccc(Cl)cc1)c1nc2ccc(S(C)(=O)=O)cc2s1. The Labute approximate surface area is 209 Å². The quantitative estimate of drug-likeness (QED) is 0.385. The minimum atomic E-state index is -3.54. The molecule has 0 aliphatic rings. The number of nitrogens with zero attached hydrogens (tertiary/aromatic N) is 3. The first-order valence-corrected chi connectivity index (χ1v) is 15.1. The van der Waals surface area contributed by atoms with Crippen molar-refractivity contribution in [2.24, 2.45) is 0 Å². The number of halogens is 1. The average molecular weight is 544 g/mol. The van der Waals surface area contributed by atoms with Gasteiger partial charge in [-0.15, -0.1) is 0 Å². The van der Waals surface area contributed by atoms with Gasteiger partial charge < -0.3 is 4.90 Å². The number of rotatable bonds is 10. The normalized spacial score (nSPS) is 12.4. The van der Waals surface area contributed by atoms with Gasteiger partial charge in [-0.25, -0.2) is 21.8 Å². The van der Waals surface area contributed by atoms with Gasteiger partial charge in [-0.3, -0.25) is 9.69 Å². The molecular formula is C22H26ClN3O5S3. The van der Waals surface area contributed by atoms with E-state index in [-0.39, 0.29) is 34.3 Å². The number of carbonyl (C=O) groups excluding carboxylic acids is 1. The van der Waals surface area contributed by atoms with E-state index in [0.717, 1.165) is 6.26 Å². The Hall–Kier alpha value is -2.05. The fourth-order valence-corrected chi connectivity index (χ4v) is 6.38. The van der Waals surface area contributed by atoms with Gasteiger partial charge in [0, 0.05) is 30.8 Å². The summed E-state index contributed by atoms with van der Waals surface area (Å²) in [6.07, 6.45) is 1.33. The summed E-state index contributed by atoms with van der Waals surface area (Å²) in [5.74, 6) is -0.407. The molecule has 0 unspecified atom stereocenters. The number of thiazole rings is 1. The minimum absolute atomic E-state index is 0.0325. The molecule has 0 aliphatic carbocycles. The summed E-state index contributed by atoms with van der Waals surface area (Å²) in [4.78, 5) is 21.4. The van der Waals surface area contributed by atoms with Crippen molar-refractivity contribution >= 4 is 63.9 Å². The molecule has 2 aromatic carbocycles. The molecule has 34 heavy (non-hydrogen) atoms. The van der Waals surface area contributed by atoms with Crippen molar-refractivity contribution < 1.29 is 21.6 Å². The number of sulfone groups is 2. The topological polar surface area (TPSA) is 105 Å². The third-order valence-corrected chi connectivity index (χ3v) is 9.28. The van der Waals surface area contributed by atoms with Crippen LogP contribution in [0.25, 0.3) is 10.2 Å². The van der Waals surface area contributed by atoms with E-state index >= 15 is 0 Å². The predicted octanol–water partition coefficient (Wildman–Crippen LogP) is 3.50. The maximum absolute atomic E-state index is 13.1. The highest BCUT2D eigenvalue weighted by atomic mass is 35.5. The monoisotopic (exact) mass is 543 g/mol. The van der Waals surface area contributed by atoms with E-state index in [1.54, 1.807) is 17.0 Å². The van der Waals surface area contributed by atoms with Gasteiger partial charge in [-0.05, 0) is 63.0 Å². The molecule has 0 bridgehead atoms. The Morgan fingerprint density at radius 3 is 2.26 bits per heavy atom. The van der Waals surface area contributed by atoms with Crippen LogP contribution in [-0.2, 0) is 24.5 Å². The number of hydrogen-bond donors (Lipinski definition) is 0. The largest absolute Gasteiger partial charge is 0.308 e. The molecule has 0 saturated heterocycles. The van der Waals surface area contributed by atoms with E-state index in [9.17, 15) is 21.6 Å². The molecule has 184 valence electrons. The summed E-state index contributed by atoms with van der Waals surface area (Å²) in [6, 6.07) is 10.6. The molecule has 12 heteroatoms. The van der Waals surface area contributed by atoms with Gasteiger partial charge in [0.05, 0.1) is 25.8 Å². The van der Waals surface area contributed by atoms with Crippen molar-refractivity contribution in [3.8, 4) is 0 Å². The summed E-state index contributed by atoms with van der Waals surface area (Å²) in [7, 11) is -3.13. The Morgan fingerprint density at radius 1 is 1.00 bits per heavy atom. The first-order valence-electron chi connectivity index (χ1n) is 10.4. The van der Waals surface area contributed by atoms with Crippen molar-refractivity contribution in [3.05, 3.63) is 47.5 Å². The van der Waals surface area contributed by atoms with Crippen LogP contribution < -0.4 is 4.90 Å². The van der Waals surface area contributed by atoms with Gasteiger partial charge in [-0.2, -0.15) is 0 Å². The summed E-state index contributed by atoms with van der Waals surface area (Å²) in [5.41, 5.74) is 0.598. The molecule has 0 aliphatic heterocycles. The van der Waals surface area contributed by atoms with Crippen molar-refractivity contribution in [2.75, 3.05) is 44.1 Å². The highest BCUT2D eigenvalue weighted by Crippen LogP contribution is 2.31. The van der Waals surface area contributed by atoms with Crippen molar-refractivity contribution in [1.82, 2.24) is 9.88 Å². The summed E-state index contributed by atoms with van der Waals surface area (Å²) in [5, 5.41) is 0.901. The second kappa shape index (κ2) is 10.7. The zero-order valence-electron chi connectivity index (χ0n) is 19.1. The lowest BCUT2D eigenvalue weighted by atomic mass is 10.3. The van der Waals surface area contributed by atoms with E-state index in [0.29, 0.717) is 33.5 Å². The van der Waals surface area contributed by atoms with Crippen LogP contribution in [0.4, 0.5) is 5.13 Å². The van der Waals surface area contributed by atoms with Crippen LogP contribution >= 0.6 is 22.9 Å². The second-order valence-corrected chi connectivity index (χ2v) is 13.7. The molecule has 1 aromatic heterocycles. The molecule has 0 spiro atoms. The number of aromatic nitrogens is 1. The number of fused-ring (bicyclic) bond motifs is 1. The Bertz CT molecular complexity index is 1380. The molecule has 0 N–H and O–H groups in total. The third kappa shape index (κ3) is 6.76. The predicted molar refractivity (Wildman–Crippen MR) is 136 cm³/mol. The number of benzene rings is 2. The molecule has 3 rings (SSSR count). The third-order valence-electron chi connectivity index (χ3n) is 5.06. The second-order valence-electron chi connectivity index (χ2n) is 8.12. The molecule has 0 fully saturated rings. The van der Waals surface area contributed by atoms with Crippen molar-refractivity contribution in [1.29, 1.82) is 0 Å². The Kier molecular flexibility index (Phi) is 8.35. The van der Waals surface area contributed by atoms with E-state index in [2.05, 4.69) is 4.98 Å². The van der Waals surface area contributed by atoms with E-state index in [4.69, 9.17) is 11.6 Å². The fourth-order valence-electron chi connectivity index (χ4n) is 3.17. The molecule has 0 atom stereocenters. The lowest BCUT2D eigenvalue weighted by Gasteiger charge is -2.22. The smallest absolute Gasteiger partial charge is 0.228 e.